The lowest BCUT2D eigenvalue weighted by Crippen LogP contribution is -2.23. The fourth-order valence-electron chi connectivity index (χ4n) is 4.46. The molecule has 5 rings (SSSR count). The summed E-state index contributed by atoms with van der Waals surface area (Å²) in [5, 5.41) is 4.89. The number of carbonyl (C=O) groups is 1. The van der Waals surface area contributed by atoms with E-state index in [1.807, 2.05) is 42.6 Å². The Morgan fingerprint density at radius 1 is 1.09 bits per heavy atom. The van der Waals surface area contributed by atoms with Gasteiger partial charge in [0.2, 0.25) is 0 Å². The quantitative estimate of drug-likeness (QED) is 0.428. The van der Waals surface area contributed by atoms with Gasteiger partial charge in [0.1, 0.15) is 11.6 Å². The van der Waals surface area contributed by atoms with Gasteiger partial charge in [0, 0.05) is 56.9 Å². The van der Waals surface area contributed by atoms with Gasteiger partial charge in [0.15, 0.2) is 0 Å². The summed E-state index contributed by atoms with van der Waals surface area (Å²) in [6, 6.07) is 13.8. The second-order valence-corrected chi connectivity index (χ2v) is 8.81. The zero-order valence-electron chi connectivity index (χ0n) is 19.6. The molecule has 1 atom stereocenters. The Labute approximate surface area is 204 Å². The fraction of sp³-hybridized carbons (Fsp3) is 0.259. The van der Waals surface area contributed by atoms with Gasteiger partial charge < -0.3 is 20.7 Å². The molecule has 1 aromatic carbocycles. The molecule has 0 spiro atoms. The van der Waals surface area contributed by atoms with Crippen molar-refractivity contribution in [2.45, 2.75) is 25.5 Å². The van der Waals surface area contributed by atoms with Gasteiger partial charge in [-0.3, -0.25) is 9.78 Å². The van der Waals surface area contributed by atoms with Crippen molar-refractivity contribution in [3.8, 4) is 0 Å². The summed E-state index contributed by atoms with van der Waals surface area (Å²) >= 11 is 0. The minimum absolute atomic E-state index is 0.160. The average Bonchev–Trinajstić information content (AvgIpc) is 3.37. The highest BCUT2D eigenvalue weighted by molar-refractivity contribution is 5.94. The number of fused-ring (bicyclic) bond motifs is 1. The van der Waals surface area contributed by atoms with Gasteiger partial charge in [-0.2, -0.15) is 0 Å². The summed E-state index contributed by atoms with van der Waals surface area (Å²) in [6.45, 7) is 2.20. The number of carbonyl (C=O) groups excluding carboxylic acids is 1. The normalized spacial score (nSPS) is 15.5. The number of amides is 1. The standard InChI is InChI=1S/C27H28N6O2/c1-35-23-6-9-33(17-23)25-13-18(4-7-30-25)10-20-12-22(16-29-14-20)27(34)32-15-19-2-3-24-21(11-19)5-8-31-26(24)28/h2-5,7-8,11-14,16,23H,6,9-10,15,17H2,1H3,(H2,28,31)(H,32,34). The Bertz CT molecular complexity index is 1360. The third-order valence-electron chi connectivity index (χ3n) is 6.39. The van der Waals surface area contributed by atoms with Gasteiger partial charge in [0.05, 0.1) is 11.7 Å². The van der Waals surface area contributed by atoms with E-state index in [1.54, 1.807) is 25.7 Å². The lowest BCUT2D eigenvalue weighted by Gasteiger charge is -2.17. The van der Waals surface area contributed by atoms with Gasteiger partial charge in [0.25, 0.3) is 5.91 Å². The Morgan fingerprint density at radius 3 is 2.83 bits per heavy atom. The molecule has 0 radical (unpaired) electrons. The van der Waals surface area contributed by atoms with Crippen molar-refractivity contribution in [3.05, 3.63) is 89.5 Å². The largest absolute Gasteiger partial charge is 0.383 e. The molecular formula is C27H28N6O2. The first kappa shape index (κ1) is 22.7. The summed E-state index contributed by atoms with van der Waals surface area (Å²) in [4.78, 5) is 28.0. The van der Waals surface area contributed by atoms with Crippen LogP contribution in [-0.2, 0) is 17.7 Å². The first-order valence-electron chi connectivity index (χ1n) is 11.7. The molecule has 8 nitrogen and oxygen atoms in total. The Hall–Kier alpha value is -4.04. The first-order valence-corrected chi connectivity index (χ1v) is 11.7. The minimum atomic E-state index is -0.160. The molecule has 178 valence electrons. The van der Waals surface area contributed by atoms with Gasteiger partial charge >= 0.3 is 0 Å². The topological polar surface area (TPSA) is 106 Å². The number of nitrogens with two attached hydrogens (primary N) is 1. The second kappa shape index (κ2) is 10.1. The molecule has 0 saturated carbocycles. The van der Waals surface area contributed by atoms with Crippen LogP contribution >= 0.6 is 0 Å². The van der Waals surface area contributed by atoms with E-state index in [-0.39, 0.29) is 12.0 Å². The maximum absolute atomic E-state index is 12.8. The number of nitrogens with zero attached hydrogens (tertiary/aromatic N) is 4. The van der Waals surface area contributed by atoms with Crippen molar-refractivity contribution >= 4 is 28.3 Å². The lowest BCUT2D eigenvalue weighted by molar-refractivity contribution is 0.0950. The minimum Gasteiger partial charge on any atom is -0.383 e. The molecule has 1 fully saturated rings. The maximum Gasteiger partial charge on any atom is 0.253 e. The molecule has 1 aliphatic rings. The highest BCUT2D eigenvalue weighted by Crippen LogP contribution is 2.22. The van der Waals surface area contributed by atoms with Crippen LogP contribution in [0.4, 0.5) is 11.6 Å². The number of nitrogens with one attached hydrogen (secondary N) is 1. The molecule has 1 saturated heterocycles. The molecular weight excluding hydrogens is 440 g/mol. The van der Waals surface area contributed by atoms with Gasteiger partial charge in [-0.15, -0.1) is 0 Å². The molecule has 1 aliphatic heterocycles. The molecule has 3 aromatic heterocycles. The highest BCUT2D eigenvalue weighted by atomic mass is 16.5. The summed E-state index contributed by atoms with van der Waals surface area (Å²) in [7, 11) is 1.75. The summed E-state index contributed by atoms with van der Waals surface area (Å²) in [6.07, 6.45) is 8.85. The van der Waals surface area contributed by atoms with Crippen LogP contribution in [-0.4, -0.2) is 47.2 Å². The summed E-state index contributed by atoms with van der Waals surface area (Å²) in [5.41, 5.74) is 9.55. The molecule has 3 N–H and O–H groups in total. The maximum atomic E-state index is 12.8. The number of ether oxygens (including phenoxy) is 1. The Balaban J connectivity index is 1.24. The Kier molecular flexibility index (Phi) is 6.54. The van der Waals surface area contributed by atoms with Crippen LogP contribution in [0.15, 0.2) is 67.3 Å². The van der Waals surface area contributed by atoms with E-state index in [1.165, 1.54) is 0 Å². The predicted molar refractivity (Wildman–Crippen MR) is 136 cm³/mol. The second-order valence-electron chi connectivity index (χ2n) is 8.81. The fourth-order valence-corrected chi connectivity index (χ4v) is 4.46. The van der Waals surface area contributed by atoms with Crippen LogP contribution in [0.1, 0.15) is 33.5 Å². The molecule has 35 heavy (non-hydrogen) atoms. The Morgan fingerprint density at radius 2 is 1.97 bits per heavy atom. The van der Waals surface area contributed by atoms with E-state index in [0.29, 0.717) is 24.3 Å². The number of hydrogen-bond donors (Lipinski definition) is 2. The number of anilines is 2. The smallest absolute Gasteiger partial charge is 0.253 e. The van der Waals surface area contributed by atoms with Gasteiger partial charge in [-0.05, 0) is 65.3 Å². The van der Waals surface area contributed by atoms with Crippen molar-refractivity contribution in [1.29, 1.82) is 0 Å². The van der Waals surface area contributed by atoms with E-state index in [0.717, 1.165) is 52.8 Å². The molecule has 1 unspecified atom stereocenters. The lowest BCUT2D eigenvalue weighted by atomic mass is 10.1. The van der Waals surface area contributed by atoms with Crippen LogP contribution in [0.25, 0.3) is 10.8 Å². The van der Waals surface area contributed by atoms with Gasteiger partial charge in [-0.25, -0.2) is 9.97 Å². The predicted octanol–water partition coefficient (Wildman–Crippen LogP) is 3.35. The van der Waals surface area contributed by atoms with Crippen LogP contribution in [0.3, 0.4) is 0 Å². The van der Waals surface area contributed by atoms with Crippen molar-refractivity contribution in [1.82, 2.24) is 20.3 Å². The third-order valence-corrected chi connectivity index (χ3v) is 6.39. The van der Waals surface area contributed by atoms with Crippen LogP contribution in [0.5, 0.6) is 0 Å². The highest BCUT2D eigenvalue weighted by Gasteiger charge is 2.23. The van der Waals surface area contributed by atoms with E-state index in [9.17, 15) is 4.79 Å². The summed E-state index contributed by atoms with van der Waals surface area (Å²) in [5.74, 6) is 1.30. The number of nitrogen functional groups attached to an aromatic ring is 1. The first-order chi connectivity index (χ1) is 17.1. The number of rotatable bonds is 7. The SMILES string of the molecule is COC1CCN(c2cc(Cc3cncc(C(=O)NCc4ccc5c(N)nccc5c4)c3)ccn2)C1. The molecule has 4 aromatic rings. The molecule has 4 heterocycles. The zero-order valence-corrected chi connectivity index (χ0v) is 19.6. The van der Waals surface area contributed by atoms with E-state index in [2.05, 4.69) is 31.2 Å². The average molecular weight is 469 g/mol. The van der Waals surface area contributed by atoms with E-state index >= 15 is 0 Å². The monoisotopic (exact) mass is 468 g/mol. The number of hydrogen-bond acceptors (Lipinski definition) is 7. The van der Waals surface area contributed by atoms with Gasteiger partial charge in [-0.1, -0.05) is 12.1 Å². The third kappa shape index (κ3) is 5.22. The van der Waals surface area contributed by atoms with E-state index in [4.69, 9.17) is 10.5 Å². The zero-order chi connectivity index (χ0) is 24.2. The van der Waals surface area contributed by atoms with Crippen LogP contribution < -0.4 is 16.0 Å². The number of aromatic nitrogens is 3. The van der Waals surface area contributed by atoms with Crippen LogP contribution in [0, 0.1) is 0 Å². The molecule has 8 heteroatoms. The van der Waals surface area contributed by atoms with Crippen molar-refractivity contribution < 1.29 is 9.53 Å². The van der Waals surface area contributed by atoms with E-state index < -0.39 is 0 Å². The number of benzene rings is 1. The number of methoxy groups -OCH3 is 1. The molecule has 0 bridgehead atoms. The molecule has 1 amide bonds. The van der Waals surface area contributed by atoms with Crippen molar-refractivity contribution in [2.75, 3.05) is 30.8 Å². The van der Waals surface area contributed by atoms with Crippen molar-refractivity contribution in [2.24, 2.45) is 0 Å². The van der Waals surface area contributed by atoms with Crippen LogP contribution in [0.2, 0.25) is 0 Å². The number of pyridine rings is 3. The summed E-state index contributed by atoms with van der Waals surface area (Å²) < 4.78 is 5.47. The van der Waals surface area contributed by atoms with Crippen molar-refractivity contribution in [3.63, 3.8) is 0 Å². The molecule has 0 aliphatic carbocycles.